The van der Waals surface area contributed by atoms with E-state index in [9.17, 15) is 9.59 Å². The molecule has 1 aliphatic heterocycles. The number of anilines is 1. The standard InChI is InChI=1S/C24H25N3O2/c1-14-9-10-20(25-13-14)27-24(29)21-16(3)26-18-11-15(2)12-19(28)23(18)22(21)17-7-5-4-6-8-17/h4-10,13,15,22,26H,11-12H2,1-3H3,(H,25,27,29)/t15-,22+/m0/s1. The summed E-state index contributed by atoms with van der Waals surface area (Å²) in [6.45, 7) is 5.94. The number of hydrogen-bond donors (Lipinski definition) is 2. The fourth-order valence-electron chi connectivity index (χ4n) is 4.24. The highest BCUT2D eigenvalue weighted by molar-refractivity contribution is 6.09. The van der Waals surface area contributed by atoms with Crippen LogP contribution in [-0.4, -0.2) is 16.7 Å². The molecule has 0 spiro atoms. The lowest BCUT2D eigenvalue weighted by molar-refractivity contribution is -0.117. The Kier molecular flexibility index (Phi) is 5.05. The first kappa shape index (κ1) is 19.1. The van der Waals surface area contributed by atoms with Crippen LogP contribution in [0.5, 0.6) is 0 Å². The lowest BCUT2D eigenvalue weighted by atomic mass is 9.73. The van der Waals surface area contributed by atoms with Gasteiger partial charge in [-0.1, -0.05) is 43.3 Å². The van der Waals surface area contributed by atoms with Gasteiger partial charge in [0.2, 0.25) is 0 Å². The fourth-order valence-corrected chi connectivity index (χ4v) is 4.24. The van der Waals surface area contributed by atoms with Crippen LogP contribution in [0.2, 0.25) is 0 Å². The molecule has 2 heterocycles. The predicted molar refractivity (Wildman–Crippen MR) is 113 cm³/mol. The maximum absolute atomic E-state index is 13.3. The van der Waals surface area contributed by atoms with Crippen molar-refractivity contribution in [1.82, 2.24) is 10.3 Å². The minimum absolute atomic E-state index is 0.117. The van der Waals surface area contributed by atoms with Crippen molar-refractivity contribution in [1.29, 1.82) is 0 Å². The van der Waals surface area contributed by atoms with Crippen LogP contribution in [0.4, 0.5) is 5.82 Å². The Hall–Kier alpha value is -3.21. The first-order chi connectivity index (χ1) is 13.9. The van der Waals surface area contributed by atoms with E-state index in [0.717, 1.165) is 34.5 Å². The summed E-state index contributed by atoms with van der Waals surface area (Å²) in [4.78, 5) is 30.6. The highest BCUT2D eigenvalue weighted by Crippen LogP contribution is 2.43. The molecule has 0 saturated carbocycles. The van der Waals surface area contributed by atoms with Crippen molar-refractivity contribution in [3.8, 4) is 0 Å². The second-order valence-electron chi connectivity index (χ2n) is 8.01. The second-order valence-corrected chi connectivity index (χ2v) is 8.01. The molecular formula is C24H25N3O2. The van der Waals surface area contributed by atoms with Crippen LogP contribution < -0.4 is 10.6 Å². The number of pyridine rings is 1. The number of benzene rings is 1. The van der Waals surface area contributed by atoms with Gasteiger partial charge in [0.15, 0.2) is 5.78 Å². The molecule has 4 rings (SSSR count). The molecule has 2 N–H and O–H groups in total. The number of amides is 1. The molecular weight excluding hydrogens is 362 g/mol. The molecule has 2 aliphatic rings. The topological polar surface area (TPSA) is 71.1 Å². The molecule has 0 fully saturated rings. The Morgan fingerprint density at radius 3 is 2.55 bits per heavy atom. The quantitative estimate of drug-likeness (QED) is 0.826. The monoisotopic (exact) mass is 387 g/mol. The van der Waals surface area contributed by atoms with Gasteiger partial charge in [0.05, 0.1) is 0 Å². The summed E-state index contributed by atoms with van der Waals surface area (Å²) >= 11 is 0. The predicted octanol–water partition coefficient (Wildman–Crippen LogP) is 4.24. The van der Waals surface area contributed by atoms with E-state index in [1.54, 1.807) is 12.3 Å². The largest absolute Gasteiger partial charge is 0.362 e. The van der Waals surface area contributed by atoms with E-state index in [-0.39, 0.29) is 17.6 Å². The number of aryl methyl sites for hydroxylation is 1. The van der Waals surface area contributed by atoms with E-state index < -0.39 is 0 Å². The van der Waals surface area contributed by atoms with Crippen LogP contribution in [0.15, 0.2) is 71.2 Å². The van der Waals surface area contributed by atoms with Crippen LogP contribution in [0, 0.1) is 12.8 Å². The highest BCUT2D eigenvalue weighted by atomic mass is 16.2. The van der Waals surface area contributed by atoms with Gasteiger partial charge in [-0.25, -0.2) is 4.98 Å². The Morgan fingerprint density at radius 1 is 1.10 bits per heavy atom. The molecule has 2 atom stereocenters. The molecule has 1 aromatic carbocycles. The molecule has 148 valence electrons. The minimum Gasteiger partial charge on any atom is -0.362 e. The lowest BCUT2D eigenvalue weighted by Crippen LogP contribution is -2.37. The second kappa shape index (κ2) is 7.66. The van der Waals surface area contributed by atoms with Gasteiger partial charge in [-0.05, 0) is 43.4 Å². The molecule has 29 heavy (non-hydrogen) atoms. The molecule has 2 aromatic rings. The Bertz CT molecular complexity index is 1020. The number of carbonyl (C=O) groups excluding carboxylic acids is 2. The first-order valence-electron chi connectivity index (χ1n) is 9.97. The molecule has 0 bridgehead atoms. The Morgan fingerprint density at radius 2 is 1.86 bits per heavy atom. The van der Waals surface area contributed by atoms with Gasteiger partial charge in [-0.15, -0.1) is 0 Å². The van der Waals surface area contributed by atoms with Crippen LogP contribution in [0.3, 0.4) is 0 Å². The van der Waals surface area contributed by atoms with Crippen molar-refractivity contribution in [3.05, 3.63) is 82.3 Å². The zero-order chi connectivity index (χ0) is 20.5. The summed E-state index contributed by atoms with van der Waals surface area (Å²) in [5.74, 6) is 0.295. The third-order valence-electron chi connectivity index (χ3n) is 5.56. The van der Waals surface area contributed by atoms with Crippen molar-refractivity contribution in [2.75, 3.05) is 5.32 Å². The molecule has 0 unspecified atom stereocenters. The summed E-state index contributed by atoms with van der Waals surface area (Å²) in [7, 11) is 0. The maximum atomic E-state index is 13.3. The van der Waals surface area contributed by atoms with Gasteiger partial charge < -0.3 is 10.6 Å². The summed E-state index contributed by atoms with van der Waals surface area (Å²) in [5.41, 5.74) is 5.00. The van der Waals surface area contributed by atoms with Crippen LogP contribution >= 0.6 is 0 Å². The number of dihydropyridines is 1. The average Bonchev–Trinajstić information content (AvgIpc) is 2.69. The number of carbonyl (C=O) groups is 2. The van der Waals surface area contributed by atoms with Crippen molar-refractivity contribution in [2.45, 2.75) is 39.5 Å². The van der Waals surface area contributed by atoms with Gasteiger partial charge in [-0.3, -0.25) is 9.59 Å². The van der Waals surface area contributed by atoms with Crippen molar-refractivity contribution in [3.63, 3.8) is 0 Å². The van der Waals surface area contributed by atoms with E-state index in [2.05, 4.69) is 22.5 Å². The normalized spacial score (nSPS) is 21.6. The lowest BCUT2D eigenvalue weighted by Gasteiger charge is -2.36. The average molecular weight is 387 g/mol. The number of nitrogens with zero attached hydrogens (tertiary/aromatic N) is 1. The van der Waals surface area contributed by atoms with Gasteiger partial charge in [0.25, 0.3) is 5.91 Å². The van der Waals surface area contributed by atoms with Gasteiger partial charge in [-0.2, -0.15) is 0 Å². The molecule has 1 aromatic heterocycles. The van der Waals surface area contributed by atoms with Crippen molar-refractivity contribution >= 4 is 17.5 Å². The van der Waals surface area contributed by atoms with Crippen LogP contribution in [0.25, 0.3) is 0 Å². The number of aromatic nitrogens is 1. The Labute approximate surface area is 170 Å². The summed E-state index contributed by atoms with van der Waals surface area (Å²) in [5, 5.41) is 6.27. The molecule has 0 saturated heterocycles. The molecule has 5 heteroatoms. The zero-order valence-corrected chi connectivity index (χ0v) is 17.0. The van der Waals surface area contributed by atoms with Crippen molar-refractivity contribution in [2.24, 2.45) is 5.92 Å². The summed E-state index contributed by atoms with van der Waals surface area (Å²) in [6, 6.07) is 13.5. The molecule has 0 radical (unpaired) electrons. The van der Waals surface area contributed by atoms with Crippen LogP contribution in [-0.2, 0) is 9.59 Å². The third-order valence-corrected chi connectivity index (χ3v) is 5.56. The van der Waals surface area contributed by atoms with Gasteiger partial charge in [0, 0.05) is 41.1 Å². The molecule has 5 nitrogen and oxygen atoms in total. The number of ketones is 1. The van der Waals surface area contributed by atoms with E-state index in [0.29, 0.717) is 23.7 Å². The SMILES string of the molecule is CC1=C(C(=O)Nc2ccc(C)cn2)[C@@H](c2ccccc2)C2=C(C[C@H](C)CC2=O)N1. The van der Waals surface area contributed by atoms with Crippen LogP contribution in [0.1, 0.15) is 43.7 Å². The fraction of sp³-hybridized carbons (Fsp3) is 0.292. The smallest absolute Gasteiger partial charge is 0.255 e. The van der Waals surface area contributed by atoms with Gasteiger partial charge in [0.1, 0.15) is 5.82 Å². The molecule has 1 amide bonds. The Balaban J connectivity index is 1.77. The number of rotatable bonds is 3. The highest BCUT2D eigenvalue weighted by Gasteiger charge is 2.39. The zero-order valence-electron chi connectivity index (χ0n) is 17.0. The third kappa shape index (κ3) is 3.73. The maximum Gasteiger partial charge on any atom is 0.255 e. The first-order valence-corrected chi connectivity index (χ1v) is 9.97. The number of Topliss-reactive ketones (excluding diaryl/α,β-unsaturated/α-hetero) is 1. The minimum atomic E-state index is -0.377. The van der Waals surface area contributed by atoms with E-state index in [1.165, 1.54) is 0 Å². The summed E-state index contributed by atoms with van der Waals surface area (Å²) in [6.07, 6.45) is 3.05. The van der Waals surface area contributed by atoms with E-state index >= 15 is 0 Å². The van der Waals surface area contributed by atoms with Gasteiger partial charge >= 0.3 is 0 Å². The summed E-state index contributed by atoms with van der Waals surface area (Å²) < 4.78 is 0. The van der Waals surface area contributed by atoms with E-state index in [4.69, 9.17) is 0 Å². The molecule has 1 aliphatic carbocycles. The number of hydrogen-bond acceptors (Lipinski definition) is 4. The number of allylic oxidation sites excluding steroid dienone is 3. The van der Waals surface area contributed by atoms with Crippen molar-refractivity contribution < 1.29 is 9.59 Å². The number of nitrogens with one attached hydrogen (secondary N) is 2. The van der Waals surface area contributed by atoms with E-state index in [1.807, 2.05) is 50.2 Å².